The van der Waals surface area contributed by atoms with Crippen LogP contribution in [0.5, 0.6) is 0 Å². The number of nitrogens with one attached hydrogen (secondary N) is 3. The summed E-state index contributed by atoms with van der Waals surface area (Å²) in [5.74, 6) is -0.0594. The number of rotatable bonds is 1. The van der Waals surface area contributed by atoms with Crippen molar-refractivity contribution in [1.82, 2.24) is 15.0 Å². The van der Waals surface area contributed by atoms with Crippen molar-refractivity contribution in [3.8, 4) is 0 Å². The molecule has 0 aliphatic heterocycles. The number of carbonyl (C=O) groups is 1. The number of aryl methyl sites for hydroxylation is 1. The lowest BCUT2D eigenvalue weighted by Crippen LogP contribution is -2.33. The van der Waals surface area contributed by atoms with Gasteiger partial charge in [0.05, 0.1) is 7.05 Å². The van der Waals surface area contributed by atoms with Gasteiger partial charge in [-0.2, -0.15) is 4.98 Å². The van der Waals surface area contributed by atoms with Gasteiger partial charge in [0.15, 0.2) is 0 Å². The summed E-state index contributed by atoms with van der Waals surface area (Å²) >= 11 is 0. The Morgan fingerprint density at radius 3 is 2.72 bits per heavy atom. The Kier molecular flexibility index (Phi) is 2.68. The largest absolute Gasteiger partial charge is 0.304 e. The number of fused-ring (bicyclic) bond motifs is 1. The first kappa shape index (κ1) is 12.3. The molecule has 7 nitrogen and oxygen atoms in total. The molecular formula is C11H16N5O2+. The molecule has 0 spiro atoms. The zero-order chi connectivity index (χ0) is 13.5. The van der Waals surface area contributed by atoms with E-state index < -0.39 is 5.41 Å². The van der Waals surface area contributed by atoms with E-state index in [9.17, 15) is 9.59 Å². The van der Waals surface area contributed by atoms with Gasteiger partial charge in [0.2, 0.25) is 18.2 Å². The predicted molar refractivity (Wildman–Crippen MR) is 66.0 cm³/mol. The van der Waals surface area contributed by atoms with Crippen molar-refractivity contribution in [3.63, 3.8) is 0 Å². The van der Waals surface area contributed by atoms with Crippen molar-refractivity contribution in [2.45, 2.75) is 20.8 Å². The second-order valence-corrected chi connectivity index (χ2v) is 5.20. The van der Waals surface area contributed by atoms with E-state index in [1.165, 1.54) is 0 Å². The molecule has 3 N–H and O–H groups in total. The van der Waals surface area contributed by atoms with Crippen LogP contribution < -0.4 is 15.4 Å². The van der Waals surface area contributed by atoms with Crippen molar-refractivity contribution in [2.75, 3.05) is 5.32 Å². The molecule has 0 radical (unpaired) electrons. The summed E-state index contributed by atoms with van der Waals surface area (Å²) < 4.78 is 1.64. The van der Waals surface area contributed by atoms with Gasteiger partial charge in [0.25, 0.3) is 11.2 Å². The number of hydrogen-bond donors (Lipinski definition) is 3. The van der Waals surface area contributed by atoms with Crippen molar-refractivity contribution in [3.05, 3.63) is 16.7 Å². The van der Waals surface area contributed by atoms with Gasteiger partial charge in [-0.05, 0) is 0 Å². The molecule has 96 valence electrons. The zero-order valence-electron chi connectivity index (χ0n) is 10.8. The number of nitrogens with zero attached hydrogens (tertiary/aromatic N) is 2. The van der Waals surface area contributed by atoms with Crippen LogP contribution in [0.1, 0.15) is 20.8 Å². The van der Waals surface area contributed by atoms with Gasteiger partial charge in [0, 0.05) is 5.41 Å². The SMILES string of the molecule is C[n+]1c[nH]c2nc(NC(=O)C(C)(C)C)[nH]c(=O)c21. The van der Waals surface area contributed by atoms with Gasteiger partial charge in [0.1, 0.15) is 0 Å². The van der Waals surface area contributed by atoms with E-state index in [2.05, 4.69) is 20.3 Å². The number of hydrogen-bond acceptors (Lipinski definition) is 3. The topological polar surface area (TPSA) is 94.5 Å². The van der Waals surface area contributed by atoms with Crippen LogP contribution in [0, 0.1) is 5.41 Å². The first-order chi connectivity index (χ1) is 8.29. The predicted octanol–water partition coefficient (Wildman–Crippen LogP) is 0.0603. The third-order valence-corrected chi connectivity index (χ3v) is 2.56. The van der Waals surface area contributed by atoms with Crippen LogP contribution in [0.25, 0.3) is 11.2 Å². The van der Waals surface area contributed by atoms with Crippen LogP contribution in [-0.2, 0) is 11.8 Å². The molecular weight excluding hydrogens is 234 g/mol. The maximum atomic E-state index is 11.8. The highest BCUT2D eigenvalue weighted by Crippen LogP contribution is 2.15. The summed E-state index contributed by atoms with van der Waals surface area (Å²) in [5.41, 5.74) is 0.0238. The molecule has 0 fully saturated rings. The highest BCUT2D eigenvalue weighted by atomic mass is 16.2. The molecule has 0 saturated heterocycles. The monoisotopic (exact) mass is 250 g/mol. The Hall–Kier alpha value is -2.18. The lowest BCUT2D eigenvalue weighted by atomic mass is 9.96. The van der Waals surface area contributed by atoms with Crippen molar-refractivity contribution < 1.29 is 9.36 Å². The van der Waals surface area contributed by atoms with Gasteiger partial charge in [-0.25, -0.2) is 9.55 Å². The molecule has 0 aliphatic carbocycles. The Labute approximate surface area is 103 Å². The number of aromatic amines is 2. The number of carbonyl (C=O) groups excluding carboxylic acids is 1. The van der Waals surface area contributed by atoms with E-state index in [0.29, 0.717) is 11.2 Å². The van der Waals surface area contributed by atoms with Crippen LogP contribution in [-0.4, -0.2) is 20.9 Å². The molecule has 2 aromatic heterocycles. The number of H-pyrrole nitrogens is 2. The molecule has 7 heteroatoms. The maximum absolute atomic E-state index is 11.8. The van der Waals surface area contributed by atoms with E-state index in [-0.39, 0.29) is 17.4 Å². The Balaban J connectivity index is 2.42. The molecule has 0 atom stereocenters. The van der Waals surface area contributed by atoms with Gasteiger partial charge in [-0.15, -0.1) is 0 Å². The lowest BCUT2D eigenvalue weighted by molar-refractivity contribution is -0.645. The molecule has 0 aromatic carbocycles. The first-order valence-electron chi connectivity index (χ1n) is 5.57. The molecule has 0 unspecified atom stereocenters. The molecule has 1 amide bonds. The van der Waals surface area contributed by atoms with Gasteiger partial charge >= 0.3 is 5.56 Å². The number of amides is 1. The molecule has 2 rings (SSSR count). The van der Waals surface area contributed by atoms with Crippen LogP contribution in [0.2, 0.25) is 0 Å². The average molecular weight is 250 g/mol. The van der Waals surface area contributed by atoms with Crippen molar-refractivity contribution in [2.24, 2.45) is 12.5 Å². The molecule has 0 saturated carbocycles. The summed E-state index contributed by atoms with van der Waals surface area (Å²) in [4.78, 5) is 33.2. The number of aromatic nitrogens is 4. The Morgan fingerprint density at radius 1 is 1.44 bits per heavy atom. The molecule has 18 heavy (non-hydrogen) atoms. The minimum Gasteiger partial charge on any atom is -0.295 e. The van der Waals surface area contributed by atoms with Crippen LogP contribution in [0.4, 0.5) is 5.95 Å². The minimum atomic E-state index is -0.548. The van der Waals surface area contributed by atoms with Gasteiger partial charge < -0.3 is 0 Å². The minimum absolute atomic E-state index is 0.148. The molecule has 2 aromatic rings. The van der Waals surface area contributed by atoms with E-state index in [1.807, 2.05) is 0 Å². The van der Waals surface area contributed by atoms with Gasteiger partial charge in [-0.1, -0.05) is 20.8 Å². The van der Waals surface area contributed by atoms with Crippen molar-refractivity contribution >= 4 is 23.0 Å². The number of imidazole rings is 1. The smallest absolute Gasteiger partial charge is 0.295 e. The molecule has 0 bridgehead atoms. The average Bonchev–Trinajstić information content (AvgIpc) is 2.59. The van der Waals surface area contributed by atoms with Crippen LogP contribution in [0.3, 0.4) is 0 Å². The summed E-state index contributed by atoms with van der Waals surface area (Å²) in [6.45, 7) is 5.36. The maximum Gasteiger partial charge on any atom is 0.304 e. The van der Waals surface area contributed by atoms with E-state index in [4.69, 9.17) is 0 Å². The fourth-order valence-corrected chi connectivity index (χ4v) is 1.47. The third-order valence-electron chi connectivity index (χ3n) is 2.56. The molecule has 0 aliphatic rings. The summed E-state index contributed by atoms with van der Waals surface area (Å²) in [7, 11) is 1.74. The summed E-state index contributed by atoms with van der Waals surface area (Å²) in [6.07, 6.45) is 1.63. The summed E-state index contributed by atoms with van der Waals surface area (Å²) in [5, 5.41) is 2.59. The van der Waals surface area contributed by atoms with E-state index in [1.54, 1.807) is 38.7 Å². The highest BCUT2D eigenvalue weighted by Gasteiger charge is 2.23. The normalized spacial score (nSPS) is 11.8. The number of anilines is 1. The Bertz CT molecular complexity index is 662. The van der Waals surface area contributed by atoms with Crippen LogP contribution >= 0.6 is 0 Å². The zero-order valence-corrected chi connectivity index (χ0v) is 10.8. The fraction of sp³-hybridized carbons (Fsp3) is 0.455. The lowest BCUT2D eigenvalue weighted by Gasteiger charge is -2.16. The third kappa shape index (κ3) is 2.11. The standard InChI is InChI=1S/C11H15N5O2/c1-11(2,3)9(18)15-10-13-7-6(8(17)14-10)16(4)5-12-7/h5H,1-4H3,(H2,13,14,15,17,18)/p+1. The second-order valence-electron chi connectivity index (χ2n) is 5.20. The van der Waals surface area contributed by atoms with E-state index in [0.717, 1.165) is 0 Å². The quantitative estimate of drug-likeness (QED) is 0.625. The van der Waals surface area contributed by atoms with Crippen LogP contribution in [0.15, 0.2) is 11.1 Å². The fourth-order valence-electron chi connectivity index (χ4n) is 1.47. The van der Waals surface area contributed by atoms with Gasteiger partial charge in [-0.3, -0.25) is 19.9 Å². The Morgan fingerprint density at radius 2 is 2.11 bits per heavy atom. The summed E-state index contributed by atoms with van der Waals surface area (Å²) in [6, 6.07) is 0. The highest BCUT2D eigenvalue weighted by molar-refractivity contribution is 5.93. The molecule has 2 heterocycles. The van der Waals surface area contributed by atoms with Crippen molar-refractivity contribution in [1.29, 1.82) is 0 Å². The van der Waals surface area contributed by atoms with E-state index >= 15 is 0 Å². The first-order valence-corrected chi connectivity index (χ1v) is 5.57. The second kappa shape index (κ2) is 3.94.